The molecule has 1 fully saturated rings. The first kappa shape index (κ1) is 24.2. The summed E-state index contributed by atoms with van der Waals surface area (Å²) < 4.78 is 14.0. The molecular formula is C27H26N6O4S. The molecule has 0 radical (unpaired) electrons. The van der Waals surface area contributed by atoms with Gasteiger partial charge in [-0.25, -0.2) is 9.29 Å². The maximum Gasteiger partial charge on any atom is 0.145 e. The summed E-state index contributed by atoms with van der Waals surface area (Å²) in [5, 5.41) is 31.5. The number of imidazole rings is 1. The smallest absolute Gasteiger partial charge is 0.145 e. The first-order valence-corrected chi connectivity index (χ1v) is 12.6. The molecule has 1 spiro atoms. The molecule has 0 saturated carbocycles. The third-order valence-electron chi connectivity index (χ3n) is 6.83. The van der Waals surface area contributed by atoms with Crippen LogP contribution in [0.15, 0.2) is 78.6 Å². The number of hydrogen-bond donors (Lipinski definition) is 4. The zero-order chi connectivity index (χ0) is 26.4. The third kappa shape index (κ3) is 3.83. The van der Waals surface area contributed by atoms with Crippen molar-refractivity contribution in [3.63, 3.8) is 0 Å². The number of aliphatic hydroxyl groups excluding tert-OH is 1. The molecule has 38 heavy (non-hydrogen) atoms. The molecule has 3 heterocycles. The lowest BCUT2D eigenvalue weighted by atomic mass is 9.88. The van der Waals surface area contributed by atoms with Crippen LogP contribution in [-0.2, 0) is 0 Å². The first-order chi connectivity index (χ1) is 18.4. The first-order valence-electron chi connectivity index (χ1n) is 11.9. The second-order valence-corrected chi connectivity index (χ2v) is 10.1. The van der Waals surface area contributed by atoms with Crippen molar-refractivity contribution < 1.29 is 19.8 Å². The molecule has 11 heteroatoms. The number of aromatic amines is 1. The summed E-state index contributed by atoms with van der Waals surface area (Å²) in [4.78, 5) is 9.71. The van der Waals surface area contributed by atoms with E-state index in [-0.39, 0.29) is 11.6 Å². The number of aliphatic hydroxyl groups is 1. The highest BCUT2D eigenvalue weighted by atomic mass is 32.2. The lowest BCUT2D eigenvalue weighted by Gasteiger charge is -2.52. The van der Waals surface area contributed by atoms with Gasteiger partial charge in [-0.3, -0.25) is 10.6 Å². The number of methoxy groups -OCH3 is 2. The lowest BCUT2D eigenvalue weighted by molar-refractivity contribution is 0.155. The average molecular weight is 531 g/mol. The number of aromatic nitrogens is 2. The van der Waals surface area contributed by atoms with Crippen molar-refractivity contribution in [2.24, 2.45) is 0 Å². The minimum Gasteiger partial charge on any atom is -0.509 e. The van der Waals surface area contributed by atoms with E-state index in [0.29, 0.717) is 47.4 Å². The number of ether oxygens (including phenoxy) is 2. The molecule has 4 N–H and O–H groups in total. The van der Waals surface area contributed by atoms with Crippen LogP contribution in [0.3, 0.4) is 0 Å². The number of anilines is 2. The molecule has 0 amide bonds. The van der Waals surface area contributed by atoms with Crippen LogP contribution in [0.25, 0.3) is 16.6 Å². The molecule has 10 nitrogen and oxygen atoms in total. The Bertz CT molecular complexity index is 1490. The highest BCUT2D eigenvalue weighted by Crippen LogP contribution is 2.49. The van der Waals surface area contributed by atoms with Gasteiger partial charge in [0.2, 0.25) is 0 Å². The molecule has 6 rings (SSSR count). The molecule has 1 saturated heterocycles. The number of nitrogens with one attached hydrogen (secondary N) is 2. The van der Waals surface area contributed by atoms with Gasteiger partial charge in [0.25, 0.3) is 0 Å². The van der Waals surface area contributed by atoms with Gasteiger partial charge in [-0.05, 0) is 24.3 Å². The number of amidine groups is 1. The van der Waals surface area contributed by atoms with Crippen molar-refractivity contribution in [3.05, 3.63) is 84.4 Å². The standard InChI is InChI=1S/C27H26N6O4S/c1-36-19-12-18(13-20(14-19)37-2)32-25(28)23(26-29-21-10-6-7-11-22(21)30-26)24(34)27(32)15-31(16-27)38-33(35)17-8-4-3-5-9-17/h3-14,28,34-35H,15-16H2,1-2H3,(H,29,30). The number of rotatable bonds is 7. The van der Waals surface area contributed by atoms with Crippen LogP contribution in [0, 0.1) is 5.41 Å². The molecule has 3 aromatic carbocycles. The summed E-state index contributed by atoms with van der Waals surface area (Å²) in [6.07, 6.45) is 0. The maximum absolute atomic E-state index is 11.7. The fourth-order valence-electron chi connectivity index (χ4n) is 4.97. The lowest BCUT2D eigenvalue weighted by Crippen LogP contribution is -2.68. The molecule has 0 unspecified atom stereocenters. The predicted molar refractivity (Wildman–Crippen MR) is 148 cm³/mol. The predicted octanol–water partition coefficient (Wildman–Crippen LogP) is 4.86. The zero-order valence-electron chi connectivity index (χ0n) is 20.8. The molecule has 1 aromatic heterocycles. The Morgan fingerprint density at radius 2 is 1.66 bits per heavy atom. The highest BCUT2D eigenvalue weighted by Gasteiger charge is 2.59. The summed E-state index contributed by atoms with van der Waals surface area (Å²) in [5.74, 6) is 1.70. The largest absolute Gasteiger partial charge is 0.509 e. The zero-order valence-corrected chi connectivity index (χ0v) is 21.6. The normalized spacial score (nSPS) is 16.8. The van der Waals surface area contributed by atoms with E-state index in [1.165, 1.54) is 0 Å². The second-order valence-electron chi connectivity index (χ2n) is 9.10. The average Bonchev–Trinajstić information content (AvgIpc) is 3.44. The van der Waals surface area contributed by atoms with Crippen molar-refractivity contribution >= 4 is 46.0 Å². The molecular weight excluding hydrogens is 504 g/mol. The van der Waals surface area contributed by atoms with Crippen molar-refractivity contribution in [1.29, 1.82) is 5.41 Å². The third-order valence-corrected chi connectivity index (χ3v) is 7.69. The van der Waals surface area contributed by atoms with Crippen LogP contribution < -0.4 is 18.8 Å². The van der Waals surface area contributed by atoms with Crippen LogP contribution in [0.5, 0.6) is 11.5 Å². The van der Waals surface area contributed by atoms with Gasteiger partial charge < -0.3 is 24.5 Å². The number of hydrogen-bond acceptors (Lipinski definition) is 9. The van der Waals surface area contributed by atoms with E-state index < -0.39 is 5.54 Å². The highest BCUT2D eigenvalue weighted by molar-refractivity contribution is 7.98. The van der Waals surface area contributed by atoms with Crippen molar-refractivity contribution in [2.45, 2.75) is 5.54 Å². The molecule has 0 bridgehead atoms. The number of H-pyrrole nitrogens is 1. The molecule has 0 aliphatic carbocycles. The van der Waals surface area contributed by atoms with E-state index in [0.717, 1.165) is 27.6 Å². The monoisotopic (exact) mass is 530 g/mol. The quantitative estimate of drug-likeness (QED) is 0.196. The van der Waals surface area contributed by atoms with Crippen molar-refractivity contribution in [3.8, 4) is 11.5 Å². The van der Waals surface area contributed by atoms with E-state index in [2.05, 4.69) is 9.97 Å². The number of nitrogens with zero attached hydrogens (tertiary/aromatic N) is 4. The minimum atomic E-state index is -0.951. The summed E-state index contributed by atoms with van der Waals surface area (Å²) in [6, 6.07) is 22.2. The van der Waals surface area contributed by atoms with Crippen LogP contribution in [0.1, 0.15) is 5.82 Å². The number of fused-ring (bicyclic) bond motifs is 1. The van der Waals surface area contributed by atoms with E-state index in [1.807, 2.05) is 58.9 Å². The van der Waals surface area contributed by atoms with Crippen molar-refractivity contribution in [2.75, 3.05) is 36.7 Å². The van der Waals surface area contributed by atoms with Crippen LogP contribution in [-0.4, -0.2) is 63.3 Å². The number of para-hydroxylation sites is 3. The molecule has 2 aliphatic rings. The Labute approximate surface area is 223 Å². The second kappa shape index (κ2) is 9.28. The molecule has 0 atom stereocenters. The van der Waals surface area contributed by atoms with E-state index in [4.69, 9.17) is 9.47 Å². The van der Waals surface area contributed by atoms with Gasteiger partial charge >= 0.3 is 0 Å². The molecule has 2 aliphatic heterocycles. The van der Waals surface area contributed by atoms with Crippen LogP contribution in [0.2, 0.25) is 0 Å². The Balaban J connectivity index is 1.40. The summed E-state index contributed by atoms with van der Waals surface area (Å²) in [5.41, 5.74) is 2.21. The van der Waals surface area contributed by atoms with Gasteiger partial charge in [0.05, 0.1) is 54.3 Å². The van der Waals surface area contributed by atoms with Crippen molar-refractivity contribution in [1.82, 2.24) is 14.3 Å². The van der Waals surface area contributed by atoms with Crippen LogP contribution >= 0.6 is 12.1 Å². The Kier molecular flexibility index (Phi) is 5.90. The van der Waals surface area contributed by atoms with E-state index in [9.17, 15) is 15.7 Å². The van der Waals surface area contributed by atoms with Gasteiger partial charge in [0, 0.05) is 31.3 Å². The molecule has 194 valence electrons. The SMILES string of the molecule is COc1cc(OC)cc(N2C(=N)C(c3nc4ccccc4[nH]3)=C(O)C23CN(SN(O)c2ccccc2)C3)c1. The van der Waals surface area contributed by atoms with Crippen LogP contribution in [0.4, 0.5) is 11.4 Å². The van der Waals surface area contributed by atoms with Gasteiger partial charge in [0.1, 0.15) is 34.5 Å². The Hall–Kier alpha value is -4.19. The summed E-state index contributed by atoms with van der Waals surface area (Å²) >= 11 is 1.14. The summed E-state index contributed by atoms with van der Waals surface area (Å²) in [7, 11) is 3.14. The summed E-state index contributed by atoms with van der Waals surface area (Å²) in [6.45, 7) is 0.665. The number of benzene rings is 3. The van der Waals surface area contributed by atoms with E-state index in [1.54, 1.807) is 37.3 Å². The minimum absolute atomic E-state index is 0.0457. The maximum atomic E-state index is 11.7. The fraction of sp³-hybridized carbons (Fsp3) is 0.185. The van der Waals surface area contributed by atoms with Gasteiger partial charge in [-0.15, -0.1) is 0 Å². The fourth-order valence-corrected chi connectivity index (χ4v) is 5.95. The van der Waals surface area contributed by atoms with E-state index >= 15 is 0 Å². The van der Waals surface area contributed by atoms with Gasteiger partial charge in [0.15, 0.2) is 0 Å². The Morgan fingerprint density at radius 3 is 2.32 bits per heavy atom. The molecule has 4 aromatic rings. The Morgan fingerprint density at radius 1 is 1.00 bits per heavy atom. The van der Waals surface area contributed by atoms with Gasteiger partial charge in [-0.2, -0.15) is 4.47 Å². The van der Waals surface area contributed by atoms with Gasteiger partial charge in [-0.1, -0.05) is 30.3 Å². The topological polar surface area (TPSA) is 121 Å².